The molecule has 2 rings (SSSR count). The summed E-state index contributed by atoms with van der Waals surface area (Å²) in [6.45, 7) is 2.38. The third kappa shape index (κ3) is 3.39. The smallest absolute Gasteiger partial charge is 0.323 e. The Balaban J connectivity index is 2.23. The van der Waals surface area contributed by atoms with E-state index in [1.54, 1.807) is 18.2 Å². The second-order valence-electron chi connectivity index (χ2n) is 5.11. The van der Waals surface area contributed by atoms with Gasteiger partial charge in [0.2, 0.25) is 5.91 Å². The van der Waals surface area contributed by atoms with Crippen LogP contribution in [0.3, 0.4) is 0 Å². The standard InChI is InChI=1S/C15H19N3O3/c1-11(19)18(13-7-5-6-12(16)10-13)15(21)14(20)17-8-3-2-4-9-17/h5-7,10H,2-4,8-9,16H2,1H3. The van der Waals surface area contributed by atoms with E-state index in [4.69, 9.17) is 5.73 Å². The summed E-state index contributed by atoms with van der Waals surface area (Å²) in [7, 11) is 0. The Morgan fingerprint density at radius 2 is 1.81 bits per heavy atom. The average Bonchev–Trinajstić information content (AvgIpc) is 2.47. The molecule has 0 aromatic heterocycles. The van der Waals surface area contributed by atoms with Crippen molar-refractivity contribution in [3.63, 3.8) is 0 Å². The highest BCUT2D eigenvalue weighted by atomic mass is 16.2. The summed E-state index contributed by atoms with van der Waals surface area (Å²) < 4.78 is 0. The molecule has 1 aromatic carbocycles. The van der Waals surface area contributed by atoms with Crippen LogP contribution in [0.5, 0.6) is 0 Å². The highest BCUT2D eigenvalue weighted by molar-refractivity contribution is 6.45. The van der Waals surface area contributed by atoms with E-state index in [0.717, 1.165) is 24.2 Å². The lowest BCUT2D eigenvalue weighted by molar-refractivity contribution is -0.146. The summed E-state index contributed by atoms with van der Waals surface area (Å²) in [5.41, 5.74) is 6.42. The maximum Gasteiger partial charge on any atom is 0.323 e. The quantitative estimate of drug-likeness (QED) is 0.621. The minimum Gasteiger partial charge on any atom is -0.399 e. The first-order valence-corrected chi connectivity index (χ1v) is 7.00. The lowest BCUT2D eigenvalue weighted by Gasteiger charge is -2.28. The van der Waals surface area contributed by atoms with E-state index < -0.39 is 17.7 Å². The number of carbonyl (C=O) groups excluding carboxylic acids is 3. The van der Waals surface area contributed by atoms with Crippen LogP contribution in [-0.2, 0) is 14.4 Å². The Bertz CT molecular complexity index is 565. The summed E-state index contributed by atoms with van der Waals surface area (Å²) in [5.74, 6) is -1.96. The van der Waals surface area contributed by atoms with Crippen LogP contribution in [0.4, 0.5) is 11.4 Å². The van der Waals surface area contributed by atoms with Gasteiger partial charge in [-0.1, -0.05) is 6.07 Å². The average molecular weight is 289 g/mol. The van der Waals surface area contributed by atoms with Crippen LogP contribution in [0.1, 0.15) is 26.2 Å². The first-order chi connectivity index (χ1) is 10.0. The summed E-state index contributed by atoms with van der Waals surface area (Å²) in [5, 5.41) is 0. The molecule has 112 valence electrons. The predicted molar refractivity (Wildman–Crippen MR) is 79.5 cm³/mol. The molecule has 1 aliphatic rings. The van der Waals surface area contributed by atoms with Crippen molar-refractivity contribution >= 4 is 29.1 Å². The van der Waals surface area contributed by atoms with Gasteiger partial charge < -0.3 is 10.6 Å². The van der Waals surface area contributed by atoms with Crippen LogP contribution < -0.4 is 10.6 Å². The van der Waals surface area contributed by atoms with Gasteiger partial charge in [0.15, 0.2) is 0 Å². The number of amides is 3. The molecule has 0 radical (unpaired) electrons. The van der Waals surface area contributed by atoms with Gasteiger partial charge in [-0.05, 0) is 37.5 Å². The Hall–Kier alpha value is -2.37. The molecule has 0 aliphatic carbocycles. The van der Waals surface area contributed by atoms with Crippen molar-refractivity contribution < 1.29 is 14.4 Å². The number of nitrogens with two attached hydrogens (primary N) is 1. The molecule has 1 aromatic rings. The Kier molecular flexibility index (Phi) is 4.57. The highest BCUT2D eigenvalue weighted by Gasteiger charge is 2.31. The number of piperidine rings is 1. The van der Waals surface area contributed by atoms with Gasteiger partial charge in [0.25, 0.3) is 0 Å². The van der Waals surface area contributed by atoms with Gasteiger partial charge in [0.1, 0.15) is 0 Å². The van der Waals surface area contributed by atoms with Crippen LogP contribution in [0, 0.1) is 0 Å². The second kappa shape index (κ2) is 6.39. The van der Waals surface area contributed by atoms with Gasteiger partial charge in [-0.25, -0.2) is 4.90 Å². The van der Waals surface area contributed by atoms with Gasteiger partial charge in [0, 0.05) is 25.7 Å². The number of carbonyl (C=O) groups is 3. The van der Waals surface area contributed by atoms with E-state index in [1.807, 2.05) is 0 Å². The van der Waals surface area contributed by atoms with E-state index in [1.165, 1.54) is 17.9 Å². The molecule has 1 aliphatic heterocycles. The van der Waals surface area contributed by atoms with E-state index >= 15 is 0 Å². The molecular formula is C15H19N3O3. The number of anilines is 2. The second-order valence-corrected chi connectivity index (χ2v) is 5.11. The fraction of sp³-hybridized carbons (Fsp3) is 0.400. The molecule has 21 heavy (non-hydrogen) atoms. The van der Waals surface area contributed by atoms with Gasteiger partial charge in [-0.2, -0.15) is 0 Å². The maximum absolute atomic E-state index is 12.4. The first-order valence-electron chi connectivity index (χ1n) is 7.00. The zero-order chi connectivity index (χ0) is 15.4. The molecule has 2 N–H and O–H groups in total. The Morgan fingerprint density at radius 3 is 2.38 bits per heavy atom. The molecule has 0 unspecified atom stereocenters. The highest BCUT2D eigenvalue weighted by Crippen LogP contribution is 2.19. The van der Waals surface area contributed by atoms with Crippen LogP contribution in [0.15, 0.2) is 24.3 Å². The number of hydrogen-bond donors (Lipinski definition) is 1. The molecule has 1 saturated heterocycles. The van der Waals surface area contributed by atoms with Crippen molar-refractivity contribution in [3.8, 4) is 0 Å². The lowest BCUT2D eigenvalue weighted by Crippen LogP contribution is -2.48. The zero-order valence-electron chi connectivity index (χ0n) is 12.0. The van der Waals surface area contributed by atoms with Gasteiger partial charge >= 0.3 is 11.8 Å². The van der Waals surface area contributed by atoms with Gasteiger partial charge in [-0.15, -0.1) is 0 Å². The van der Waals surface area contributed by atoms with Crippen LogP contribution in [-0.4, -0.2) is 35.7 Å². The molecule has 0 saturated carbocycles. The summed E-state index contributed by atoms with van der Waals surface area (Å²) >= 11 is 0. The number of imide groups is 1. The van der Waals surface area contributed by atoms with E-state index in [2.05, 4.69) is 0 Å². The van der Waals surface area contributed by atoms with Gasteiger partial charge in [0.05, 0.1) is 5.69 Å². The van der Waals surface area contributed by atoms with Crippen LogP contribution >= 0.6 is 0 Å². The maximum atomic E-state index is 12.4. The fourth-order valence-electron chi connectivity index (χ4n) is 2.43. The molecule has 0 bridgehead atoms. The number of rotatable bonds is 1. The molecule has 3 amide bonds. The van der Waals surface area contributed by atoms with Crippen molar-refractivity contribution in [3.05, 3.63) is 24.3 Å². The fourth-order valence-corrected chi connectivity index (χ4v) is 2.43. The normalized spacial score (nSPS) is 14.6. The Labute approximate surface area is 123 Å². The van der Waals surface area contributed by atoms with Crippen molar-refractivity contribution in [2.24, 2.45) is 0 Å². The van der Waals surface area contributed by atoms with Crippen molar-refractivity contribution in [1.29, 1.82) is 0 Å². The largest absolute Gasteiger partial charge is 0.399 e. The SMILES string of the molecule is CC(=O)N(C(=O)C(=O)N1CCCCC1)c1cccc(N)c1. The summed E-state index contributed by atoms with van der Waals surface area (Å²) in [6.07, 6.45) is 2.83. The first kappa shape index (κ1) is 15.0. The van der Waals surface area contributed by atoms with E-state index in [-0.39, 0.29) is 0 Å². The third-order valence-corrected chi connectivity index (χ3v) is 3.47. The van der Waals surface area contributed by atoms with Crippen LogP contribution in [0.25, 0.3) is 0 Å². The molecule has 0 atom stereocenters. The van der Waals surface area contributed by atoms with Crippen molar-refractivity contribution in [1.82, 2.24) is 4.90 Å². The molecule has 0 spiro atoms. The number of benzene rings is 1. The topological polar surface area (TPSA) is 83.7 Å². The van der Waals surface area contributed by atoms with E-state index in [0.29, 0.717) is 24.5 Å². The minimum atomic E-state index is -0.824. The monoisotopic (exact) mass is 289 g/mol. The van der Waals surface area contributed by atoms with Crippen molar-refractivity contribution in [2.75, 3.05) is 23.7 Å². The predicted octanol–water partition coefficient (Wildman–Crippen LogP) is 1.16. The summed E-state index contributed by atoms with van der Waals surface area (Å²) in [6, 6.07) is 6.37. The molecule has 6 heteroatoms. The third-order valence-electron chi connectivity index (χ3n) is 3.47. The molecule has 1 heterocycles. The number of hydrogen-bond acceptors (Lipinski definition) is 4. The van der Waals surface area contributed by atoms with Crippen molar-refractivity contribution in [2.45, 2.75) is 26.2 Å². The van der Waals surface area contributed by atoms with E-state index in [9.17, 15) is 14.4 Å². The zero-order valence-corrected chi connectivity index (χ0v) is 12.0. The van der Waals surface area contributed by atoms with Gasteiger partial charge in [-0.3, -0.25) is 14.4 Å². The number of nitrogens with zero attached hydrogens (tertiary/aromatic N) is 2. The number of likely N-dealkylation sites (tertiary alicyclic amines) is 1. The molecule has 6 nitrogen and oxygen atoms in total. The minimum absolute atomic E-state index is 0.317. The Morgan fingerprint density at radius 1 is 1.14 bits per heavy atom. The lowest BCUT2D eigenvalue weighted by atomic mass is 10.1. The summed E-state index contributed by atoms with van der Waals surface area (Å²) in [4.78, 5) is 38.8. The number of nitrogen functional groups attached to an aromatic ring is 1. The van der Waals surface area contributed by atoms with Crippen LogP contribution in [0.2, 0.25) is 0 Å². The molecular weight excluding hydrogens is 270 g/mol. The molecule has 1 fully saturated rings.